The molecule has 0 radical (unpaired) electrons. The van der Waals surface area contributed by atoms with Crippen molar-refractivity contribution in [1.82, 2.24) is 0 Å². The largest absolute Gasteiger partial charge is 0.454 e. The van der Waals surface area contributed by atoms with E-state index in [1.54, 1.807) is 0 Å². The van der Waals surface area contributed by atoms with E-state index < -0.39 is 0 Å². The maximum Gasteiger partial charge on any atom is 0.159 e. The lowest BCUT2D eigenvalue weighted by molar-refractivity contribution is 0.669. The molecule has 2 heteroatoms. The van der Waals surface area contributed by atoms with Gasteiger partial charge in [0, 0.05) is 21.5 Å². The van der Waals surface area contributed by atoms with Gasteiger partial charge in [0.05, 0.1) is 17.1 Å². The zero-order valence-electron chi connectivity index (χ0n) is 18.5. The van der Waals surface area contributed by atoms with E-state index in [-0.39, 0.29) is 0 Å². The van der Waals surface area contributed by atoms with E-state index in [1.807, 2.05) is 12.1 Å². The van der Waals surface area contributed by atoms with Crippen molar-refractivity contribution in [2.75, 3.05) is 4.90 Å². The number of furan rings is 1. The molecule has 0 aliphatic heterocycles. The highest BCUT2D eigenvalue weighted by atomic mass is 16.3. The van der Waals surface area contributed by atoms with Crippen LogP contribution in [0, 0.1) is 0 Å². The van der Waals surface area contributed by atoms with E-state index >= 15 is 0 Å². The fourth-order valence-corrected chi connectivity index (χ4v) is 5.10. The van der Waals surface area contributed by atoms with Crippen molar-refractivity contribution in [2.24, 2.45) is 0 Å². The van der Waals surface area contributed by atoms with Gasteiger partial charge in [0.1, 0.15) is 5.58 Å². The molecule has 0 atom stereocenters. The molecule has 0 aliphatic rings. The Labute approximate surface area is 197 Å². The number of para-hydroxylation sites is 2. The second-order valence-electron chi connectivity index (χ2n) is 8.58. The maximum atomic E-state index is 6.49. The van der Waals surface area contributed by atoms with Gasteiger partial charge >= 0.3 is 0 Å². The number of hydrogen-bond donors (Lipinski definition) is 0. The van der Waals surface area contributed by atoms with Crippen LogP contribution in [0.2, 0.25) is 0 Å². The predicted octanol–water partition coefficient (Wildman–Crippen LogP) is 9.36. The first kappa shape index (κ1) is 19.0. The first-order valence-corrected chi connectivity index (χ1v) is 11.5. The molecule has 7 aromatic rings. The Balaban J connectivity index is 1.62. The Morgan fingerprint density at radius 1 is 0.382 bits per heavy atom. The number of rotatable bonds is 3. The summed E-state index contributed by atoms with van der Waals surface area (Å²) in [7, 11) is 0. The van der Waals surface area contributed by atoms with Crippen LogP contribution in [0.4, 0.5) is 17.1 Å². The molecule has 0 amide bonds. The summed E-state index contributed by atoms with van der Waals surface area (Å²) < 4.78 is 6.49. The number of anilines is 3. The number of benzene rings is 6. The summed E-state index contributed by atoms with van der Waals surface area (Å²) in [5.41, 5.74) is 5.08. The lowest BCUT2D eigenvalue weighted by atomic mass is 10.0. The molecule has 1 heterocycles. The van der Waals surface area contributed by atoms with Crippen LogP contribution in [0.3, 0.4) is 0 Å². The maximum absolute atomic E-state index is 6.49. The zero-order chi connectivity index (χ0) is 22.5. The van der Waals surface area contributed by atoms with Crippen LogP contribution in [0.1, 0.15) is 0 Å². The smallest absolute Gasteiger partial charge is 0.159 e. The van der Waals surface area contributed by atoms with E-state index in [1.165, 1.54) is 21.5 Å². The molecule has 160 valence electrons. The minimum absolute atomic E-state index is 0.893. The van der Waals surface area contributed by atoms with Gasteiger partial charge in [0.25, 0.3) is 0 Å². The molecule has 0 unspecified atom stereocenters. The molecule has 0 saturated heterocycles. The van der Waals surface area contributed by atoms with E-state index in [0.29, 0.717) is 0 Å². The molecular weight excluding hydrogens is 414 g/mol. The molecule has 2 nitrogen and oxygen atoms in total. The van der Waals surface area contributed by atoms with Crippen molar-refractivity contribution in [3.8, 4) is 0 Å². The summed E-state index contributed by atoms with van der Waals surface area (Å²) in [6, 6.07) is 44.8. The molecule has 0 aliphatic carbocycles. The second kappa shape index (κ2) is 7.50. The zero-order valence-corrected chi connectivity index (χ0v) is 18.5. The highest BCUT2D eigenvalue weighted by Crippen LogP contribution is 2.45. The molecule has 7 rings (SSSR count). The van der Waals surface area contributed by atoms with Crippen LogP contribution < -0.4 is 4.90 Å². The third kappa shape index (κ3) is 2.82. The van der Waals surface area contributed by atoms with Gasteiger partial charge in [0.2, 0.25) is 0 Å². The fraction of sp³-hybridized carbons (Fsp3) is 0. The number of nitrogens with zero attached hydrogens (tertiary/aromatic N) is 1. The van der Waals surface area contributed by atoms with Crippen molar-refractivity contribution >= 4 is 60.5 Å². The Kier molecular flexibility index (Phi) is 4.18. The lowest BCUT2D eigenvalue weighted by Gasteiger charge is -2.28. The average molecular weight is 436 g/mol. The summed E-state index contributed by atoms with van der Waals surface area (Å²) in [6.45, 7) is 0. The molecule has 0 bridgehead atoms. The quantitative estimate of drug-likeness (QED) is 0.275. The minimum atomic E-state index is 0.893. The van der Waals surface area contributed by atoms with Gasteiger partial charge in [-0.1, -0.05) is 103 Å². The molecule has 1 aromatic heterocycles. The van der Waals surface area contributed by atoms with Gasteiger partial charge in [0.15, 0.2) is 5.58 Å². The molecule has 0 saturated carbocycles. The third-order valence-electron chi connectivity index (χ3n) is 6.64. The van der Waals surface area contributed by atoms with Gasteiger partial charge in [-0.05, 0) is 35.0 Å². The monoisotopic (exact) mass is 435 g/mol. The first-order chi connectivity index (χ1) is 16.9. The molecular formula is C32H21NO. The van der Waals surface area contributed by atoms with Crippen molar-refractivity contribution in [2.45, 2.75) is 0 Å². The number of fused-ring (bicyclic) bond motifs is 5. The second-order valence-corrected chi connectivity index (χ2v) is 8.58. The van der Waals surface area contributed by atoms with E-state index in [4.69, 9.17) is 4.42 Å². The summed E-state index contributed by atoms with van der Waals surface area (Å²) in [4.78, 5) is 2.36. The van der Waals surface area contributed by atoms with Crippen LogP contribution in [-0.4, -0.2) is 0 Å². The van der Waals surface area contributed by atoms with Crippen LogP contribution in [0.5, 0.6) is 0 Å². The molecule has 6 aromatic carbocycles. The fourth-order valence-electron chi connectivity index (χ4n) is 5.10. The summed E-state index contributed by atoms with van der Waals surface area (Å²) in [6.07, 6.45) is 0. The van der Waals surface area contributed by atoms with Gasteiger partial charge < -0.3 is 9.32 Å². The standard InChI is InChI=1S/C32H21NO/c1-3-14-24-22(10-1)12-7-18-28(24)33(29-19-8-13-23-11-2-4-15-25(23)29)30-20-9-17-27-26-16-5-6-21-31(26)34-32(27)30/h1-21H. The SMILES string of the molecule is c1ccc2c(N(c3cccc4ccccc34)c3cccc4c3oc3ccccc34)cccc2c1. The Hall–Kier alpha value is -4.56. The summed E-state index contributed by atoms with van der Waals surface area (Å²) >= 11 is 0. The first-order valence-electron chi connectivity index (χ1n) is 11.5. The van der Waals surface area contributed by atoms with Crippen LogP contribution in [0.15, 0.2) is 132 Å². The van der Waals surface area contributed by atoms with Gasteiger partial charge in [-0.15, -0.1) is 0 Å². The Morgan fingerprint density at radius 3 is 1.53 bits per heavy atom. The molecule has 0 spiro atoms. The topological polar surface area (TPSA) is 16.4 Å². The molecule has 34 heavy (non-hydrogen) atoms. The third-order valence-corrected chi connectivity index (χ3v) is 6.64. The van der Waals surface area contributed by atoms with Crippen LogP contribution in [0.25, 0.3) is 43.5 Å². The lowest BCUT2D eigenvalue weighted by Crippen LogP contribution is -2.11. The Morgan fingerprint density at radius 2 is 0.853 bits per heavy atom. The van der Waals surface area contributed by atoms with Gasteiger partial charge in [-0.3, -0.25) is 0 Å². The molecule has 0 fully saturated rings. The highest BCUT2D eigenvalue weighted by molar-refractivity contribution is 6.13. The summed E-state index contributed by atoms with van der Waals surface area (Å²) in [5.74, 6) is 0. The van der Waals surface area contributed by atoms with Crippen LogP contribution in [-0.2, 0) is 0 Å². The predicted molar refractivity (Wildman–Crippen MR) is 143 cm³/mol. The van der Waals surface area contributed by atoms with E-state index in [0.717, 1.165) is 39.0 Å². The van der Waals surface area contributed by atoms with Gasteiger partial charge in [-0.25, -0.2) is 0 Å². The number of hydrogen-bond acceptors (Lipinski definition) is 2. The normalized spacial score (nSPS) is 11.5. The van der Waals surface area contributed by atoms with E-state index in [9.17, 15) is 0 Å². The van der Waals surface area contributed by atoms with Crippen molar-refractivity contribution in [3.05, 3.63) is 127 Å². The minimum Gasteiger partial charge on any atom is -0.454 e. The van der Waals surface area contributed by atoms with Crippen LogP contribution >= 0.6 is 0 Å². The van der Waals surface area contributed by atoms with Gasteiger partial charge in [-0.2, -0.15) is 0 Å². The Bertz CT molecular complexity index is 1740. The summed E-state index contributed by atoms with van der Waals surface area (Å²) in [5, 5.41) is 7.08. The molecule has 0 N–H and O–H groups in total. The van der Waals surface area contributed by atoms with Crippen molar-refractivity contribution < 1.29 is 4.42 Å². The van der Waals surface area contributed by atoms with Crippen molar-refractivity contribution in [1.29, 1.82) is 0 Å². The van der Waals surface area contributed by atoms with Crippen molar-refractivity contribution in [3.63, 3.8) is 0 Å². The average Bonchev–Trinajstić information content (AvgIpc) is 3.29. The highest BCUT2D eigenvalue weighted by Gasteiger charge is 2.21. The van der Waals surface area contributed by atoms with E-state index in [2.05, 4.69) is 120 Å².